The second-order valence-electron chi connectivity index (χ2n) is 5.41. The van der Waals surface area contributed by atoms with Crippen LogP contribution in [0.15, 0.2) is 0 Å². The second kappa shape index (κ2) is 14.4. The number of carbonyl (C=O) groups excluding carboxylic acids is 1. The second-order valence-corrected chi connectivity index (χ2v) is 5.41. The zero-order valence-corrected chi connectivity index (χ0v) is 13.8. The largest absolute Gasteiger partial charge is 0.481 e. The lowest BCUT2D eigenvalue weighted by Crippen LogP contribution is -2.11. The third-order valence-electron chi connectivity index (χ3n) is 2.90. The maximum Gasteiger partial charge on any atom is 0.303 e. The van der Waals surface area contributed by atoms with Crippen molar-refractivity contribution < 1.29 is 19.4 Å². The van der Waals surface area contributed by atoms with Gasteiger partial charge in [0.25, 0.3) is 0 Å². The van der Waals surface area contributed by atoms with Gasteiger partial charge >= 0.3 is 11.9 Å². The van der Waals surface area contributed by atoms with Gasteiger partial charge in [0.15, 0.2) is 0 Å². The number of carboxylic acid groups (broad SMARTS) is 1. The van der Waals surface area contributed by atoms with Gasteiger partial charge in [-0.3, -0.25) is 9.59 Å². The van der Waals surface area contributed by atoms with Crippen molar-refractivity contribution in [2.24, 2.45) is 5.92 Å². The Morgan fingerprint density at radius 3 is 1.95 bits per heavy atom. The van der Waals surface area contributed by atoms with Crippen molar-refractivity contribution in [1.82, 2.24) is 0 Å². The van der Waals surface area contributed by atoms with Crippen LogP contribution in [0.5, 0.6) is 0 Å². The summed E-state index contributed by atoms with van der Waals surface area (Å²) in [5, 5.41) is 8.38. The van der Waals surface area contributed by atoms with Crippen LogP contribution in [0.1, 0.15) is 79.6 Å². The molecule has 120 valence electrons. The Hall–Kier alpha value is -1.06. The molecule has 0 spiro atoms. The Balaban J connectivity index is 0. The zero-order valence-electron chi connectivity index (χ0n) is 13.8. The fraction of sp³-hybridized carbons (Fsp3) is 0.875. The summed E-state index contributed by atoms with van der Waals surface area (Å²) in [4.78, 5) is 20.6. The van der Waals surface area contributed by atoms with Gasteiger partial charge in [-0.15, -0.1) is 0 Å². The predicted molar refractivity (Wildman–Crippen MR) is 81.7 cm³/mol. The van der Waals surface area contributed by atoms with Crippen molar-refractivity contribution in [3.05, 3.63) is 0 Å². The summed E-state index contributed by atoms with van der Waals surface area (Å²) in [7, 11) is 0. The summed E-state index contributed by atoms with van der Waals surface area (Å²) in [6.45, 7) is 9.61. The first-order valence-corrected chi connectivity index (χ1v) is 7.72. The smallest absolute Gasteiger partial charge is 0.303 e. The molecule has 0 amide bonds. The summed E-state index contributed by atoms with van der Waals surface area (Å²) in [6.07, 6.45) is 7.04. The highest BCUT2D eigenvalue weighted by Crippen LogP contribution is 2.10. The first-order valence-electron chi connectivity index (χ1n) is 7.72. The van der Waals surface area contributed by atoms with Crippen LogP contribution < -0.4 is 0 Å². The summed E-state index contributed by atoms with van der Waals surface area (Å²) in [6, 6.07) is 0. The first kappa shape index (κ1) is 21.2. The topological polar surface area (TPSA) is 63.6 Å². The van der Waals surface area contributed by atoms with E-state index in [1.165, 1.54) is 6.92 Å². The van der Waals surface area contributed by atoms with Gasteiger partial charge in [0.1, 0.15) is 0 Å². The summed E-state index contributed by atoms with van der Waals surface area (Å²) >= 11 is 0. The van der Waals surface area contributed by atoms with Crippen molar-refractivity contribution in [2.75, 3.05) is 0 Å². The molecule has 0 radical (unpaired) electrons. The fourth-order valence-corrected chi connectivity index (χ4v) is 1.79. The van der Waals surface area contributed by atoms with E-state index in [9.17, 15) is 9.59 Å². The van der Waals surface area contributed by atoms with E-state index < -0.39 is 5.97 Å². The number of unbranched alkanes of at least 4 members (excludes halogenated alkanes) is 2. The van der Waals surface area contributed by atoms with Crippen LogP contribution in [-0.2, 0) is 14.3 Å². The van der Waals surface area contributed by atoms with Gasteiger partial charge in [-0.05, 0) is 19.3 Å². The average molecular weight is 288 g/mol. The zero-order chi connectivity index (χ0) is 16.0. The molecule has 20 heavy (non-hydrogen) atoms. The Kier molecular flexibility index (Phi) is 15.2. The Morgan fingerprint density at radius 2 is 1.55 bits per heavy atom. The number of esters is 1. The van der Waals surface area contributed by atoms with E-state index in [0.29, 0.717) is 12.3 Å². The molecule has 1 N–H and O–H groups in total. The Labute approximate surface area is 123 Å². The molecule has 2 atom stereocenters. The van der Waals surface area contributed by atoms with Crippen LogP contribution in [0.4, 0.5) is 0 Å². The number of hydrogen-bond donors (Lipinski definition) is 1. The molecule has 0 aliphatic rings. The third-order valence-corrected chi connectivity index (χ3v) is 2.90. The predicted octanol–water partition coefficient (Wildman–Crippen LogP) is 4.42. The quantitative estimate of drug-likeness (QED) is 0.638. The maximum absolute atomic E-state index is 10.4. The SMILES string of the molecule is CCCCC(C)CC(=O)O.CCCCC(C)OC(C)=O. The molecule has 0 bridgehead atoms. The number of carboxylic acids is 1. The fourth-order valence-electron chi connectivity index (χ4n) is 1.79. The molecule has 0 saturated heterocycles. The van der Waals surface area contributed by atoms with Crippen LogP contribution in [0.25, 0.3) is 0 Å². The molecule has 4 nitrogen and oxygen atoms in total. The minimum absolute atomic E-state index is 0.0949. The summed E-state index contributed by atoms with van der Waals surface area (Å²) in [5.74, 6) is -0.510. The maximum atomic E-state index is 10.4. The first-order chi connectivity index (χ1) is 9.33. The molecule has 0 aliphatic heterocycles. The minimum atomic E-state index is -0.677. The van der Waals surface area contributed by atoms with Gasteiger partial charge < -0.3 is 9.84 Å². The summed E-state index contributed by atoms with van der Waals surface area (Å²) < 4.78 is 4.91. The van der Waals surface area contributed by atoms with Crippen molar-refractivity contribution in [1.29, 1.82) is 0 Å². The van der Waals surface area contributed by atoms with Crippen LogP contribution in [0, 0.1) is 5.92 Å². The van der Waals surface area contributed by atoms with E-state index in [-0.39, 0.29) is 12.1 Å². The van der Waals surface area contributed by atoms with E-state index in [1.54, 1.807) is 0 Å². The third kappa shape index (κ3) is 19.3. The van der Waals surface area contributed by atoms with E-state index in [2.05, 4.69) is 13.8 Å². The highest BCUT2D eigenvalue weighted by Gasteiger charge is 2.05. The molecule has 0 aromatic carbocycles. The van der Waals surface area contributed by atoms with Gasteiger partial charge in [-0.1, -0.05) is 52.9 Å². The standard InChI is InChI=1S/2C8H16O2/c1-4-5-6-7(2)10-8(3)9;1-3-4-5-7(2)6-8(9)10/h7H,4-6H2,1-3H3;7H,3-6H2,1-2H3,(H,9,10). The number of ether oxygens (including phenoxy) is 1. The normalized spacial score (nSPS) is 12.8. The number of aliphatic carboxylic acids is 1. The lowest BCUT2D eigenvalue weighted by molar-refractivity contribution is -0.145. The molecular formula is C16H32O4. The highest BCUT2D eigenvalue weighted by molar-refractivity contribution is 5.67. The molecule has 4 heteroatoms. The van der Waals surface area contributed by atoms with E-state index in [0.717, 1.165) is 38.5 Å². The molecule has 0 fully saturated rings. The van der Waals surface area contributed by atoms with E-state index >= 15 is 0 Å². The van der Waals surface area contributed by atoms with Gasteiger partial charge in [0, 0.05) is 13.3 Å². The highest BCUT2D eigenvalue weighted by atomic mass is 16.5. The van der Waals surface area contributed by atoms with Crippen LogP contribution >= 0.6 is 0 Å². The molecule has 0 saturated carbocycles. The van der Waals surface area contributed by atoms with Crippen LogP contribution in [-0.4, -0.2) is 23.1 Å². The van der Waals surface area contributed by atoms with Crippen LogP contribution in [0.2, 0.25) is 0 Å². The lowest BCUT2D eigenvalue weighted by atomic mass is 10.0. The van der Waals surface area contributed by atoms with Crippen molar-refractivity contribution in [3.63, 3.8) is 0 Å². The van der Waals surface area contributed by atoms with Gasteiger partial charge in [0.05, 0.1) is 6.10 Å². The van der Waals surface area contributed by atoms with Crippen molar-refractivity contribution in [3.8, 4) is 0 Å². The molecule has 2 unspecified atom stereocenters. The Bertz CT molecular complexity index is 225. The van der Waals surface area contributed by atoms with Gasteiger partial charge in [-0.2, -0.15) is 0 Å². The lowest BCUT2D eigenvalue weighted by Gasteiger charge is -2.09. The average Bonchev–Trinajstić information content (AvgIpc) is 2.33. The van der Waals surface area contributed by atoms with Gasteiger partial charge in [-0.25, -0.2) is 0 Å². The van der Waals surface area contributed by atoms with Crippen LogP contribution in [0.3, 0.4) is 0 Å². The molecule has 0 rings (SSSR count). The monoisotopic (exact) mass is 288 g/mol. The molecule has 0 aromatic rings. The van der Waals surface area contributed by atoms with Crippen molar-refractivity contribution >= 4 is 11.9 Å². The number of hydrogen-bond acceptors (Lipinski definition) is 3. The van der Waals surface area contributed by atoms with Gasteiger partial charge in [0.2, 0.25) is 0 Å². The van der Waals surface area contributed by atoms with E-state index in [4.69, 9.17) is 9.84 Å². The van der Waals surface area contributed by atoms with E-state index in [1.807, 2.05) is 13.8 Å². The molecular weight excluding hydrogens is 256 g/mol. The van der Waals surface area contributed by atoms with Crippen molar-refractivity contribution in [2.45, 2.75) is 85.7 Å². The Morgan fingerprint density at radius 1 is 1.05 bits per heavy atom. The molecule has 0 aliphatic carbocycles. The number of carbonyl (C=O) groups is 2. The minimum Gasteiger partial charge on any atom is -0.481 e. The molecule has 0 aromatic heterocycles. The molecule has 0 heterocycles. The summed E-state index contributed by atoms with van der Waals surface area (Å²) in [5.41, 5.74) is 0. The number of rotatable bonds is 9.